The fourth-order valence-electron chi connectivity index (χ4n) is 12.9. The summed E-state index contributed by atoms with van der Waals surface area (Å²) in [6, 6.07) is 46.9. The van der Waals surface area contributed by atoms with Crippen molar-refractivity contribution in [3.05, 3.63) is 283 Å². The minimum absolute atomic E-state index is 0. The summed E-state index contributed by atoms with van der Waals surface area (Å²) in [5.74, 6) is 0. The number of benzene rings is 7. The maximum Gasteiger partial charge on any atom is 0.416 e. The molecule has 6 atom stereocenters. The maximum atomic E-state index is 14.5. The molecule has 4 heterocycles. The predicted octanol–water partition coefficient (Wildman–Crippen LogP) is 16.3. The Kier molecular flexibility index (Phi) is 25.6. The number of nitrogens with one attached hydrogen (secondary N) is 2. The zero-order valence-electron chi connectivity index (χ0n) is 55.2. The third-order valence-electron chi connectivity index (χ3n) is 18.6. The fourth-order valence-corrected chi connectivity index (χ4v) is 12.9. The number of piperidine rings is 2. The van der Waals surface area contributed by atoms with E-state index < -0.39 is 118 Å². The minimum Gasteiger partial charge on any atom is -0.445 e. The molecule has 0 bridgehead atoms. The fraction of sp³-hybridized carbons (Fsp3) is 0.360. The maximum absolute atomic E-state index is 14.5. The van der Waals surface area contributed by atoms with Crippen molar-refractivity contribution in [3.63, 3.8) is 0 Å². The Morgan fingerprint density at radius 2 is 0.771 bits per heavy atom. The van der Waals surface area contributed by atoms with Crippen molar-refractivity contribution in [2.45, 2.75) is 133 Å². The van der Waals surface area contributed by atoms with Gasteiger partial charge in [-0.1, -0.05) is 167 Å². The molecule has 0 aliphatic carbocycles. The number of aromatic amines is 2. The number of ether oxygens (including phenoxy) is 5. The average Bonchev–Trinajstić information content (AvgIpc) is 1.61. The summed E-state index contributed by atoms with van der Waals surface area (Å²) < 4.78 is 197. The van der Waals surface area contributed by atoms with Crippen LogP contribution in [0.2, 0.25) is 0 Å². The van der Waals surface area contributed by atoms with Crippen molar-refractivity contribution in [2.24, 2.45) is 0 Å². The number of alkyl halides is 12. The molecule has 11 rings (SSSR count). The molecule has 0 radical (unpaired) electrons. The van der Waals surface area contributed by atoms with E-state index in [4.69, 9.17) is 23.7 Å². The Morgan fingerprint density at radius 1 is 0.457 bits per heavy atom. The molecule has 2 saturated heterocycles. The van der Waals surface area contributed by atoms with Crippen LogP contribution in [0.4, 0.5) is 62.3 Å². The molecule has 2 aromatic heterocycles. The Labute approximate surface area is 596 Å². The monoisotopic (exact) mass is 1480 g/mol. The Hall–Kier alpha value is -10.0. The number of aromatic nitrogens is 6. The smallest absolute Gasteiger partial charge is 0.416 e. The number of aliphatic hydroxyl groups is 1. The van der Waals surface area contributed by atoms with E-state index in [1.165, 1.54) is 45.4 Å². The average molecular weight is 1480 g/mol. The van der Waals surface area contributed by atoms with Crippen LogP contribution in [-0.4, -0.2) is 96.1 Å². The summed E-state index contributed by atoms with van der Waals surface area (Å²) in [5, 5.41) is 23.0. The normalized spacial score (nSPS) is 19.8. The van der Waals surface area contributed by atoms with Gasteiger partial charge in [0, 0.05) is 0 Å². The van der Waals surface area contributed by atoms with Crippen LogP contribution in [-0.2, 0) is 90.4 Å². The van der Waals surface area contributed by atoms with Gasteiger partial charge in [0.1, 0.15) is 25.9 Å². The van der Waals surface area contributed by atoms with Gasteiger partial charge in [0.15, 0.2) is 0 Å². The second-order valence-electron chi connectivity index (χ2n) is 25.3. The van der Waals surface area contributed by atoms with E-state index in [1.807, 2.05) is 36.4 Å². The minimum atomic E-state index is -5.05. The summed E-state index contributed by atoms with van der Waals surface area (Å²) >= 11 is 0. The van der Waals surface area contributed by atoms with Crippen molar-refractivity contribution in [1.29, 1.82) is 0 Å². The number of carbonyl (C=O) groups is 2. The Morgan fingerprint density at radius 3 is 1.10 bits per heavy atom. The van der Waals surface area contributed by atoms with Gasteiger partial charge in [-0.3, -0.25) is 18.9 Å². The summed E-state index contributed by atoms with van der Waals surface area (Å²) in [7, 11) is 0. The lowest BCUT2D eigenvalue weighted by Gasteiger charge is -2.53. The highest BCUT2D eigenvalue weighted by Gasteiger charge is 2.56. The first-order valence-corrected chi connectivity index (χ1v) is 32.3. The van der Waals surface area contributed by atoms with Crippen LogP contribution in [0.25, 0.3) is 0 Å². The quantitative estimate of drug-likeness (QED) is 0.0574. The summed E-state index contributed by atoms with van der Waals surface area (Å²) in [4.78, 5) is 57.1. The Balaban J connectivity index is 0.000000263. The van der Waals surface area contributed by atoms with E-state index in [2.05, 4.69) is 20.4 Å². The summed E-state index contributed by atoms with van der Waals surface area (Å²) in [6.07, 6.45) is -21.5. The number of aliphatic hydroxyl groups excluding tert-OH is 1. The molecule has 0 spiro atoms. The number of hydrogen-bond donors (Lipinski definition) is 3. The van der Waals surface area contributed by atoms with E-state index in [1.54, 1.807) is 115 Å². The molecule has 18 nitrogen and oxygen atoms in total. The molecule has 562 valence electrons. The highest BCUT2D eigenvalue weighted by molar-refractivity contribution is 5.71. The van der Waals surface area contributed by atoms with Crippen molar-refractivity contribution in [1.82, 2.24) is 39.3 Å². The second kappa shape index (κ2) is 33.4. The lowest BCUT2D eigenvalue weighted by atomic mass is 9.74. The zero-order chi connectivity index (χ0) is 74.0. The number of carbonyl (C=O) groups excluding carboxylic acids is 2. The molecule has 2 aliphatic heterocycles. The molecule has 0 unspecified atom stereocenters. The van der Waals surface area contributed by atoms with Gasteiger partial charge in [-0.2, -0.15) is 62.9 Å². The van der Waals surface area contributed by atoms with Crippen LogP contribution in [0.3, 0.4) is 0 Å². The van der Waals surface area contributed by atoms with Gasteiger partial charge in [-0.05, 0) is 115 Å². The van der Waals surface area contributed by atoms with E-state index in [0.717, 1.165) is 5.56 Å². The summed E-state index contributed by atoms with van der Waals surface area (Å²) in [6.45, 7) is 0.753. The van der Waals surface area contributed by atoms with Crippen LogP contribution >= 0.6 is 0 Å². The molecule has 9 aromatic rings. The first-order chi connectivity index (χ1) is 48.9. The molecular formula is C75H78F12N8O10. The highest BCUT2D eigenvalue weighted by Crippen LogP contribution is 2.48. The van der Waals surface area contributed by atoms with Crippen molar-refractivity contribution in [2.75, 3.05) is 39.5 Å². The zero-order valence-corrected chi connectivity index (χ0v) is 55.2. The lowest BCUT2D eigenvalue weighted by Crippen LogP contribution is -2.64. The van der Waals surface area contributed by atoms with E-state index in [9.17, 15) is 77.0 Å². The van der Waals surface area contributed by atoms with Gasteiger partial charge in [-0.15, -0.1) is 0 Å². The van der Waals surface area contributed by atoms with Gasteiger partial charge in [0.05, 0.1) is 103 Å². The molecule has 7 aromatic carbocycles. The highest BCUT2D eigenvalue weighted by atomic mass is 19.4. The van der Waals surface area contributed by atoms with Gasteiger partial charge in [0.2, 0.25) is 0 Å². The molecule has 2 fully saturated rings. The van der Waals surface area contributed by atoms with Gasteiger partial charge < -0.3 is 28.8 Å². The van der Waals surface area contributed by atoms with Crippen LogP contribution in [0, 0.1) is 0 Å². The standard InChI is InChI=1S/C40H38F6N4O5.C33H32F6N4O5.2CH4/c1-28(31-19-33(39(41,42)43)21-34(20-31)40(44,45)46)55-26-38(32-15-9-4-10-16-32)18-17-37(50-27-47-48-35(50)51,25-53-22-29-11-5-2-6-12-29)24-49(38)36(52)54-23-30-13-7-3-8-14-30;1-22(24-14-26(32(34,35)36)16-27(15-24)33(37,38)39)48-20-31(25-10-6-3-7-11-25)13-12-30(19-44,43-21-40-41-28(43)45)18-42(31)29(46)47-17-23-8-4-2-5-9-23;;/h2-16,19-21,27-28H,17-18,22-26H2,1H3,(H,48,51);2-11,14-16,21-22,44H,12-13,17-20H2,1H3,(H,41,45);2*1H4/t28-,37+,38-;22-,30+,31-;;/m11../s1. The lowest BCUT2D eigenvalue weighted by molar-refractivity contribution is -0.145. The predicted molar refractivity (Wildman–Crippen MR) is 361 cm³/mol. The van der Waals surface area contributed by atoms with Gasteiger partial charge >= 0.3 is 48.3 Å². The van der Waals surface area contributed by atoms with E-state index >= 15 is 0 Å². The molecular weight excluding hydrogens is 1400 g/mol. The second-order valence-corrected chi connectivity index (χ2v) is 25.3. The van der Waals surface area contributed by atoms with Crippen LogP contribution in [0.15, 0.2) is 210 Å². The Bertz CT molecular complexity index is 4350. The van der Waals surface area contributed by atoms with Crippen LogP contribution in [0.1, 0.15) is 128 Å². The molecule has 2 amide bonds. The number of H-pyrrole nitrogens is 2. The van der Waals surface area contributed by atoms with Gasteiger partial charge in [-0.25, -0.2) is 29.4 Å². The first kappa shape index (κ1) is 80.6. The van der Waals surface area contributed by atoms with Gasteiger partial charge in [0.25, 0.3) is 0 Å². The number of nitrogens with zero attached hydrogens (tertiary/aromatic N) is 6. The molecule has 2 aliphatic rings. The summed E-state index contributed by atoms with van der Waals surface area (Å²) in [5.41, 5.74) is -9.83. The third-order valence-corrected chi connectivity index (χ3v) is 18.6. The van der Waals surface area contributed by atoms with Crippen LogP contribution < -0.4 is 11.4 Å². The SMILES string of the molecule is C.C.C[C@@H](OC[C@@]1(c2ccccc2)CC[C@](CO)(n2cn[nH]c2=O)CN1C(=O)OCc1ccccc1)c1cc(C(F)(F)F)cc(C(F)(F)F)c1.C[C@@H](OC[C@@]1(c2ccccc2)CC[C@](COCc2ccccc2)(n2cn[nH]c2=O)CN1C(=O)OCc1ccccc1)c1cc(C(F)(F)F)cc(C(F)(F)F)c1. The third kappa shape index (κ3) is 18.7. The molecule has 0 saturated carbocycles. The van der Waals surface area contributed by atoms with Crippen LogP contribution in [0.5, 0.6) is 0 Å². The van der Waals surface area contributed by atoms with E-state index in [-0.39, 0.29) is 110 Å². The molecule has 30 heteroatoms. The molecule has 105 heavy (non-hydrogen) atoms. The first-order valence-electron chi connectivity index (χ1n) is 32.3. The van der Waals surface area contributed by atoms with E-state index in [0.29, 0.717) is 46.5 Å². The van der Waals surface area contributed by atoms with Crippen molar-refractivity contribution in [3.8, 4) is 0 Å². The van der Waals surface area contributed by atoms with Crippen molar-refractivity contribution < 1.29 is 91.1 Å². The number of amides is 2. The molecule has 3 N–H and O–H groups in total. The number of halogens is 12. The number of rotatable bonds is 21. The van der Waals surface area contributed by atoms with Crippen molar-refractivity contribution >= 4 is 12.2 Å². The largest absolute Gasteiger partial charge is 0.445 e. The topological polar surface area (TPSA) is 208 Å². The number of likely N-dealkylation sites (tertiary alicyclic amines) is 2. The number of hydrogen-bond acceptors (Lipinski definition) is 12.